The first-order valence-electron chi connectivity index (χ1n) is 5.46. The van der Waals surface area contributed by atoms with Gasteiger partial charge in [0.1, 0.15) is 0 Å². The average Bonchev–Trinajstić information content (AvgIpc) is 2.16. The summed E-state index contributed by atoms with van der Waals surface area (Å²) in [5.41, 5.74) is 2.45. The highest BCUT2D eigenvalue weighted by Crippen LogP contribution is 2.29. The summed E-state index contributed by atoms with van der Waals surface area (Å²) < 4.78 is 0. The Morgan fingerprint density at radius 3 is 2.87 bits per heavy atom. The molecule has 0 saturated heterocycles. The summed E-state index contributed by atoms with van der Waals surface area (Å²) in [5.74, 6) is 0.651. The van der Waals surface area contributed by atoms with Gasteiger partial charge in [0.15, 0.2) is 0 Å². The highest BCUT2D eigenvalue weighted by molar-refractivity contribution is 5.50. The molecule has 0 unspecified atom stereocenters. The van der Waals surface area contributed by atoms with Gasteiger partial charge in [-0.15, -0.1) is 0 Å². The summed E-state index contributed by atoms with van der Waals surface area (Å²) in [6.45, 7) is 3.11. The van der Waals surface area contributed by atoms with E-state index in [0.29, 0.717) is 5.92 Å². The third-order valence-electron chi connectivity index (χ3n) is 3.14. The zero-order valence-corrected chi connectivity index (χ0v) is 9.35. The number of aromatic nitrogens is 1. The molecular weight excluding hydrogens is 188 g/mol. The monoisotopic (exact) mass is 206 g/mol. The quantitative estimate of drug-likeness (QED) is 0.816. The van der Waals surface area contributed by atoms with Gasteiger partial charge >= 0.3 is 0 Å². The fraction of sp³-hybridized carbons (Fsp3) is 0.583. The Hall–Kier alpha value is -1.09. The predicted molar refractivity (Wildman–Crippen MR) is 61.0 cm³/mol. The lowest BCUT2D eigenvalue weighted by molar-refractivity contribution is 0.0465. The molecular formula is C12H18N2O. The Morgan fingerprint density at radius 1 is 1.53 bits per heavy atom. The Kier molecular flexibility index (Phi) is 2.91. The minimum absolute atomic E-state index is 0.0538. The van der Waals surface area contributed by atoms with Gasteiger partial charge in [-0.2, -0.15) is 0 Å². The van der Waals surface area contributed by atoms with Gasteiger partial charge in [0.05, 0.1) is 6.10 Å². The van der Waals surface area contributed by atoms with Crippen LogP contribution < -0.4 is 4.90 Å². The van der Waals surface area contributed by atoms with Gasteiger partial charge in [-0.05, 0) is 37.3 Å². The van der Waals surface area contributed by atoms with Crippen molar-refractivity contribution in [2.24, 2.45) is 5.92 Å². The van der Waals surface area contributed by atoms with E-state index in [0.717, 1.165) is 19.4 Å². The molecule has 1 saturated carbocycles. The first kappa shape index (κ1) is 10.4. The zero-order valence-electron chi connectivity index (χ0n) is 9.35. The van der Waals surface area contributed by atoms with E-state index in [1.165, 1.54) is 11.3 Å². The van der Waals surface area contributed by atoms with E-state index >= 15 is 0 Å². The lowest BCUT2D eigenvalue weighted by Gasteiger charge is -2.35. The van der Waals surface area contributed by atoms with E-state index < -0.39 is 0 Å². The molecule has 0 radical (unpaired) electrons. The van der Waals surface area contributed by atoms with Crippen LogP contribution in [0.3, 0.4) is 0 Å². The van der Waals surface area contributed by atoms with Crippen molar-refractivity contribution in [3.05, 3.63) is 24.0 Å². The first-order chi connectivity index (χ1) is 7.16. The standard InChI is InChI=1S/C12H18N2O/c1-9-7-13-4-3-12(9)14(2)8-10-5-11(15)6-10/h3-4,7,10-11,15H,5-6,8H2,1-2H3. The van der Waals surface area contributed by atoms with Crippen LogP contribution >= 0.6 is 0 Å². The number of hydrogen-bond acceptors (Lipinski definition) is 3. The Morgan fingerprint density at radius 2 is 2.27 bits per heavy atom. The van der Waals surface area contributed by atoms with Gasteiger partial charge in [0.2, 0.25) is 0 Å². The van der Waals surface area contributed by atoms with Crippen molar-refractivity contribution in [3.8, 4) is 0 Å². The van der Waals surface area contributed by atoms with Crippen molar-refractivity contribution in [1.82, 2.24) is 4.98 Å². The fourth-order valence-electron chi connectivity index (χ4n) is 2.23. The van der Waals surface area contributed by atoms with E-state index in [1.807, 2.05) is 18.5 Å². The lowest BCUT2D eigenvalue weighted by atomic mass is 9.82. The number of anilines is 1. The molecule has 2 rings (SSSR count). The SMILES string of the molecule is Cc1cnccc1N(C)CC1CC(O)C1. The van der Waals surface area contributed by atoms with Gasteiger partial charge in [-0.25, -0.2) is 0 Å². The molecule has 3 nitrogen and oxygen atoms in total. The molecule has 0 aromatic carbocycles. The van der Waals surface area contributed by atoms with Crippen LogP contribution in [0.25, 0.3) is 0 Å². The van der Waals surface area contributed by atoms with Gasteiger partial charge in [0, 0.05) is 31.7 Å². The van der Waals surface area contributed by atoms with Crippen LogP contribution in [0, 0.1) is 12.8 Å². The van der Waals surface area contributed by atoms with Gasteiger partial charge in [-0.1, -0.05) is 0 Å². The molecule has 1 aromatic heterocycles. The van der Waals surface area contributed by atoms with Gasteiger partial charge < -0.3 is 10.0 Å². The second kappa shape index (κ2) is 4.19. The molecule has 1 N–H and O–H groups in total. The molecule has 1 heterocycles. The average molecular weight is 206 g/mol. The largest absolute Gasteiger partial charge is 0.393 e. The predicted octanol–water partition coefficient (Wildman–Crippen LogP) is 1.60. The van der Waals surface area contributed by atoms with E-state index in [-0.39, 0.29) is 6.10 Å². The Labute approximate surface area is 90.8 Å². The molecule has 1 fully saturated rings. The molecule has 0 atom stereocenters. The van der Waals surface area contributed by atoms with Crippen LogP contribution in [-0.4, -0.2) is 29.8 Å². The molecule has 0 bridgehead atoms. The summed E-state index contributed by atoms with van der Waals surface area (Å²) in [7, 11) is 2.10. The number of aliphatic hydroxyl groups is 1. The molecule has 1 aromatic rings. The van der Waals surface area contributed by atoms with Crippen LogP contribution in [0.2, 0.25) is 0 Å². The maximum atomic E-state index is 9.23. The van der Waals surface area contributed by atoms with Crippen molar-refractivity contribution in [1.29, 1.82) is 0 Å². The van der Waals surface area contributed by atoms with Crippen LogP contribution in [0.5, 0.6) is 0 Å². The van der Waals surface area contributed by atoms with Crippen LogP contribution in [0.1, 0.15) is 18.4 Å². The van der Waals surface area contributed by atoms with Crippen LogP contribution in [0.4, 0.5) is 5.69 Å². The number of aryl methyl sites for hydroxylation is 1. The smallest absolute Gasteiger partial charge is 0.0546 e. The summed E-state index contributed by atoms with van der Waals surface area (Å²) >= 11 is 0. The third kappa shape index (κ3) is 2.29. The summed E-state index contributed by atoms with van der Waals surface area (Å²) in [6, 6.07) is 2.05. The zero-order chi connectivity index (χ0) is 10.8. The van der Waals surface area contributed by atoms with Crippen LogP contribution in [0.15, 0.2) is 18.5 Å². The molecule has 82 valence electrons. The Balaban J connectivity index is 1.96. The molecule has 15 heavy (non-hydrogen) atoms. The molecule has 3 heteroatoms. The molecule has 1 aliphatic carbocycles. The molecule has 0 spiro atoms. The lowest BCUT2D eigenvalue weighted by Crippen LogP contribution is -2.37. The highest BCUT2D eigenvalue weighted by atomic mass is 16.3. The normalized spacial score (nSPS) is 24.7. The molecule has 0 aliphatic heterocycles. The number of aliphatic hydroxyl groups excluding tert-OH is 1. The number of rotatable bonds is 3. The molecule has 0 amide bonds. The van der Waals surface area contributed by atoms with Gasteiger partial charge in [0.25, 0.3) is 0 Å². The second-order valence-corrected chi connectivity index (χ2v) is 4.53. The minimum Gasteiger partial charge on any atom is -0.393 e. The van der Waals surface area contributed by atoms with E-state index in [9.17, 15) is 5.11 Å². The molecule has 1 aliphatic rings. The minimum atomic E-state index is -0.0538. The first-order valence-corrected chi connectivity index (χ1v) is 5.46. The topological polar surface area (TPSA) is 36.4 Å². The summed E-state index contributed by atoms with van der Waals surface area (Å²) in [6.07, 6.45) is 5.57. The van der Waals surface area contributed by atoms with Crippen molar-refractivity contribution in [3.63, 3.8) is 0 Å². The number of pyridine rings is 1. The number of nitrogens with zero attached hydrogens (tertiary/aromatic N) is 2. The fourth-order valence-corrected chi connectivity index (χ4v) is 2.23. The Bertz CT molecular complexity index is 334. The second-order valence-electron chi connectivity index (χ2n) is 4.53. The van der Waals surface area contributed by atoms with Crippen LogP contribution in [-0.2, 0) is 0 Å². The van der Waals surface area contributed by atoms with Crippen molar-refractivity contribution < 1.29 is 5.11 Å². The summed E-state index contributed by atoms with van der Waals surface area (Å²) in [4.78, 5) is 6.34. The van der Waals surface area contributed by atoms with Crippen molar-refractivity contribution in [2.45, 2.75) is 25.9 Å². The van der Waals surface area contributed by atoms with Crippen molar-refractivity contribution >= 4 is 5.69 Å². The highest BCUT2D eigenvalue weighted by Gasteiger charge is 2.28. The van der Waals surface area contributed by atoms with E-state index in [2.05, 4.69) is 23.9 Å². The van der Waals surface area contributed by atoms with E-state index in [4.69, 9.17) is 0 Å². The van der Waals surface area contributed by atoms with Crippen molar-refractivity contribution in [2.75, 3.05) is 18.5 Å². The number of hydrogen-bond donors (Lipinski definition) is 1. The van der Waals surface area contributed by atoms with Gasteiger partial charge in [-0.3, -0.25) is 4.98 Å². The third-order valence-corrected chi connectivity index (χ3v) is 3.14. The maximum absolute atomic E-state index is 9.23. The summed E-state index contributed by atoms with van der Waals surface area (Å²) in [5, 5.41) is 9.23. The van der Waals surface area contributed by atoms with E-state index in [1.54, 1.807) is 0 Å². The maximum Gasteiger partial charge on any atom is 0.0546 e.